The Kier molecular flexibility index (Phi) is 4.52. The van der Waals surface area contributed by atoms with E-state index in [0.29, 0.717) is 5.56 Å². The molecular formula is C18H17N3O4S. The van der Waals surface area contributed by atoms with Gasteiger partial charge in [-0.3, -0.25) is 20.4 Å². The summed E-state index contributed by atoms with van der Waals surface area (Å²) >= 11 is 0. The first-order valence-electron chi connectivity index (χ1n) is 7.72. The number of carbonyl (C=O) groups excluding carboxylic acids is 2. The average molecular weight is 371 g/mol. The minimum Gasteiger partial charge on any atom is -0.350 e. The minimum atomic E-state index is -3.33. The summed E-state index contributed by atoms with van der Waals surface area (Å²) in [5.41, 5.74) is 6.29. The van der Waals surface area contributed by atoms with Crippen LogP contribution >= 0.6 is 0 Å². The van der Waals surface area contributed by atoms with Gasteiger partial charge in [0.15, 0.2) is 9.84 Å². The predicted octanol–water partition coefficient (Wildman–Crippen LogP) is 1.66. The van der Waals surface area contributed by atoms with Gasteiger partial charge in [0.1, 0.15) is 0 Å². The largest absolute Gasteiger partial charge is 0.350 e. The van der Waals surface area contributed by atoms with E-state index in [1.165, 1.54) is 24.3 Å². The zero-order valence-electron chi connectivity index (χ0n) is 14.2. The molecule has 0 unspecified atom stereocenters. The van der Waals surface area contributed by atoms with Crippen molar-refractivity contribution < 1.29 is 18.0 Å². The summed E-state index contributed by atoms with van der Waals surface area (Å²) in [6.07, 6.45) is 2.78. The molecule has 0 saturated heterocycles. The van der Waals surface area contributed by atoms with Crippen LogP contribution in [0.1, 0.15) is 20.7 Å². The van der Waals surface area contributed by atoms with Gasteiger partial charge in [0.05, 0.1) is 10.5 Å². The first-order chi connectivity index (χ1) is 12.3. The van der Waals surface area contributed by atoms with Gasteiger partial charge >= 0.3 is 0 Å². The van der Waals surface area contributed by atoms with E-state index in [-0.39, 0.29) is 10.5 Å². The number of para-hydroxylation sites is 1. The summed E-state index contributed by atoms with van der Waals surface area (Å²) < 4.78 is 24.7. The van der Waals surface area contributed by atoms with Crippen LogP contribution < -0.4 is 10.9 Å². The molecule has 0 aliphatic carbocycles. The summed E-state index contributed by atoms with van der Waals surface area (Å²) in [6, 6.07) is 12.9. The molecule has 3 rings (SSSR count). The molecule has 3 aromatic rings. The Morgan fingerprint density at radius 2 is 1.54 bits per heavy atom. The van der Waals surface area contributed by atoms with Crippen LogP contribution in [0.2, 0.25) is 0 Å². The van der Waals surface area contributed by atoms with Crippen molar-refractivity contribution in [2.24, 2.45) is 7.05 Å². The van der Waals surface area contributed by atoms with E-state index in [4.69, 9.17) is 0 Å². The van der Waals surface area contributed by atoms with Gasteiger partial charge in [0.2, 0.25) is 0 Å². The van der Waals surface area contributed by atoms with E-state index in [1.807, 2.05) is 35.9 Å². The number of aryl methyl sites for hydroxylation is 1. The number of amides is 2. The smallest absolute Gasteiger partial charge is 0.271 e. The van der Waals surface area contributed by atoms with E-state index >= 15 is 0 Å². The van der Waals surface area contributed by atoms with E-state index < -0.39 is 21.7 Å². The third kappa shape index (κ3) is 3.45. The molecule has 0 spiro atoms. The molecule has 2 N–H and O–H groups in total. The highest BCUT2D eigenvalue weighted by atomic mass is 32.2. The fourth-order valence-electron chi connectivity index (χ4n) is 2.63. The number of nitrogens with one attached hydrogen (secondary N) is 2. The van der Waals surface area contributed by atoms with Crippen LogP contribution in [0, 0.1) is 0 Å². The molecule has 0 fully saturated rings. The summed E-state index contributed by atoms with van der Waals surface area (Å²) in [6.45, 7) is 0. The molecule has 26 heavy (non-hydrogen) atoms. The molecule has 134 valence electrons. The van der Waals surface area contributed by atoms with Crippen LogP contribution in [-0.2, 0) is 16.9 Å². The molecule has 1 aromatic heterocycles. The Morgan fingerprint density at radius 3 is 2.19 bits per heavy atom. The number of fused-ring (bicyclic) bond motifs is 1. The summed E-state index contributed by atoms with van der Waals surface area (Å²) in [5, 5.41) is 0.777. The Labute approximate surface area is 150 Å². The van der Waals surface area contributed by atoms with Crippen molar-refractivity contribution in [3.8, 4) is 0 Å². The van der Waals surface area contributed by atoms with E-state index in [1.54, 1.807) is 6.20 Å². The fraction of sp³-hybridized carbons (Fsp3) is 0.111. The van der Waals surface area contributed by atoms with Crippen LogP contribution in [0.4, 0.5) is 0 Å². The molecule has 8 heteroatoms. The molecule has 7 nitrogen and oxygen atoms in total. The lowest BCUT2D eigenvalue weighted by Crippen LogP contribution is -2.41. The number of aromatic nitrogens is 1. The lowest BCUT2D eigenvalue weighted by atomic mass is 10.2. The highest BCUT2D eigenvalue weighted by Gasteiger charge is 2.15. The van der Waals surface area contributed by atoms with Crippen molar-refractivity contribution >= 4 is 32.6 Å². The SMILES string of the molecule is Cn1cc(C(=O)NNC(=O)c2ccc(S(C)(=O)=O)cc2)c2ccccc21. The summed E-state index contributed by atoms with van der Waals surface area (Å²) in [5.74, 6) is -0.985. The van der Waals surface area contributed by atoms with Gasteiger partial charge in [-0.1, -0.05) is 18.2 Å². The van der Waals surface area contributed by atoms with Crippen molar-refractivity contribution in [3.05, 3.63) is 65.9 Å². The molecule has 2 amide bonds. The number of benzene rings is 2. The third-order valence-electron chi connectivity index (χ3n) is 3.98. The summed E-state index contributed by atoms with van der Waals surface area (Å²) in [7, 11) is -1.49. The topological polar surface area (TPSA) is 97.3 Å². The lowest BCUT2D eigenvalue weighted by molar-refractivity contribution is 0.0847. The number of sulfone groups is 1. The van der Waals surface area contributed by atoms with Crippen molar-refractivity contribution in [2.75, 3.05) is 6.26 Å². The molecular weight excluding hydrogens is 354 g/mol. The van der Waals surface area contributed by atoms with Crippen molar-refractivity contribution in [1.29, 1.82) is 0 Å². The standard InChI is InChI=1S/C18H17N3O4S/c1-21-11-15(14-5-3-4-6-16(14)21)18(23)20-19-17(22)12-7-9-13(10-8-12)26(2,24)25/h3-11H,1-2H3,(H,19,22)(H,20,23). The van der Waals surface area contributed by atoms with E-state index in [0.717, 1.165) is 17.2 Å². The minimum absolute atomic E-state index is 0.119. The van der Waals surface area contributed by atoms with Gasteiger partial charge in [-0.25, -0.2) is 8.42 Å². The molecule has 1 heterocycles. The Hall–Kier alpha value is -3.13. The molecule has 2 aromatic carbocycles. The zero-order valence-corrected chi connectivity index (χ0v) is 15.0. The number of carbonyl (C=O) groups is 2. The van der Waals surface area contributed by atoms with Gasteiger partial charge in [-0.2, -0.15) is 0 Å². The van der Waals surface area contributed by atoms with Gasteiger partial charge in [0, 0.05) is 36.0 Å². The van der Waals surface area contributed by atoms with Crippen molar-refractivity contribution in [1.82, 2.24) is 15.4 Å². The number of hydrogen-bond donors (Lipinski definition) is 2. The highest BCUT2D eigenvalue weighted by Crippen LogP contribution is 2.19. The van der Waals surface area contributed by atoms with Gasteiger partial charge < -0.3 is 4.57 Å². The van der Waals surface area contributed by atoms with Crippen LogP contribution in [-0.4, -0.2) is 31.1 Å². The van der Waals surface area contributed by atoms with Crippen LogP contribution in [0.5, 0.6) is 0 Å². The third-order valence-corrected chi connectivity index (χ3v) is 5.10. The lowest BCUT2D eigenvalue weighted by Gasteiger charge is -2.07. The predicted molar refractivity (Wildman–Crippen MR) is 97.4 cm³/mol. The Morgan fingerprint density at radius 1 is 0.923 bits per heavy atom. The highest BCUT2D eigenvalue weighted by molar-refractivity contribution is 7.90. The number of nitrogens with zero attached hydrogens (tertiary/aromatic N) is 1. The van der Waals surface area contributed by atoms with Crippen LogP contribution in [0.25, 0.3) is 10.9 Å². The maximum absolute atomic E-state index is 12.4. The second-order valence-electron chi connectivity index (χ2n) is 5.88. The fourth-order valence-corrected chi connectivity index (χ4v) is 3.26. The monoisotopic (exact) mass is 371 g/mol. The second kappa shape index (κ2) is 6.64. The van der Waals surface area contributed by atoms with Crippen molar-refractivity contribution in [2.45, 2.75) is 4.90 Å². The quantitative estimate of drug-likeness (QED) is 0.684. The van der Waals surface area contributed by atoms with Crippen LogP contribution in [0.15, 0.2) is 59.6 Å². The summed E-state index contributed by atoms with van der Waals surface area (Å²) in [4.78, 5) is 24.6. The Balaban J connectivity index is 1.72. The number of rotatable bonds is 3. The second-order valence-corrected chi connectivity index (χ2v) is 7.89. The molecule has 0 aliphatic rings. The van der Waals surface area contributed by atoms with Crippen LogP contribution in [0.3, 0.4) is 0 Å². The maximum Gasteiger partial charge on any atom is 0.271 e. The van der Waals surface area contributed by atoms with Gasteiger partial charge in [-0.05, 0) is 30.3 Å². The first-order valence-corrected chi connectivity index (χ1v) is 9.61. The molecule has 0 aliphatic heterocycles. The normalized spacial score (nSPS) is 11.3. The first kappa shape index (κ1) is 17.7. The molecule has 0 saturated carbocycles. The van der Waals surface area contributed by atoms with E-state index in [9.17, 15) is 18.0 Å². The Bertz CT molecular complexity index is 1100. The average Bonchev–Trinajstić information content (AvgIpc) is 2.96. The van der Waals surface area contributed by atoms with Gasteiger partial charge in [-0.15, -0.1) is 0 Å². The molecule has 0 bridgehead atoms. The zero-order chi connectivity index (χ0) is 18.9. The number of hydrogen-bond acceptors (Lipinski definition) is 4. The number of hydrazine groups is 1. The van der Waals surface area contributed by atoms with E-state index in [2.05, 4.69) is 10.9 Å². The van der Waals surface area contributed by atoms with Gasteiger partial charge in [0.25, 0.3) is 11.8 Å². The van der Waals surface area contributed by atoms with Crippen molar-refractivity contribution in [3.63, 3.8) is 0 Å². The molecule has 0 radical (unpaired) electrons. The maximum atomic E-state index is 12.4. The molecule has 0 atom stereocenters.